The molecule has 2 fully saturated rings. The molecule has 1 unspecified atom stereocenters. The van der Waals surface area contributed by atoms with Crippen LogP contribution < -0.4 is 4.90 Å². The largest absolute Gasteiger partial charge is 0.378 e. The molecule has 0 aliphatic carbocycles. The quantitative estimate of drug-likeness (QED) is 0.382. The molecule has 1 atom stereocenters. The molecule has 2 saturated heterocycles. The summed E-state index contributed by atoms with van der Waals surface area (Å²) in [5, 5.41) is 1.05. The highest BCUT2D eigenvalue weighted by Crippen LogP contribution is 2.27. The van der Waals surface area contributed by atoms with Gasteiger partial charge in [-0.1, -0.05) is 0 Å². The number of aromatic amines is 1. The second-order valence-electron chi connectivity index (χ2n) is 9.00. The molecule has 2 aliphatic rings. The topological polar surface area (TPSA) is 115 Å². The highest BCUT2D eigenvalue weighted by Gasteiger charge is 2.22. The lowest BCUT2D eigenvalue weighted by molar-refractivity contribution is 0.122. The van der Waals surface area contributed by atoms with Gasteiger partial charge in [0.25, 0.3) is 0 Å². The van der Waals surface area contributed by atoms with Crippen LogP contribution in [0.15, 0.2) is 36.9 Å². The Labute approximate surface area is 205 Å². The van der Waals surface area contributed by atoms with E-state index in [9.17, 15) is 4.21 Å². The second-order valence-corrected chi connectivity index (χ2v) is 9.90. The van der Waals surface area contributed by atoms with Gasteiger partial charge >= 0.3 is 0 Å². The van der Waals surface area contributed by atoms with Crippen LogP contribution in [0.2, 0.25) is 0 Å². The fraction of sp³-hybridized carbons (Fsp3) is 0.435. The van der Waals surface area contributed by atoms with Gasteiger partial charge in [0.2, 0.25) is 0 Å². The zero-order valence-electron chi connectivity index (χ0n) is 19.3. The molecule has 0 aromatic carbocycles. The molecular weight excluding hydrogens is 468 g/mol. The van der Waals surface area contributed by atoms with E-state index in [4.69, 9.17) is 19.3 Å². The summed E-state index contributed by atoms with van der Waals surface area (Å²) >= 11 is -1.79. The maximum Gasteiger partial charge on any atom is 0.180 e. The summed E-state index contributed by atoms with van der Waals surface area (Å²) in [7, 11) is 0. The smallest absolute Gasteiger partial charge is 0.180 e. The number of aromatic nitrogens is 5. The first-order chi connectivity index (χ1) is 17.1. The van der Waals surface area contributed by atoms with E-state index in [1.165, 1.54) is 0 Å². The van der Waals surface area contributed by atoms with E-state index >= 15 is 0 Å². The molecule has 6 heterocycles. The predicted octanol–water partition coefficient (Wildman–Crippen LogP) is 1.41. The highest BCUT2D eigenvalue weighted by atomic mass is 32.2. The van der Waals surface area contributed by atoms with Crippen molar-refractivity contribution in [2.75, 3.05) is 63.3 Å². The van der Waals surface area contributed by atoms with Crippen molar-refractivity contribution in [1.29, 1.82) is 0 Å². The van der Waals surface area contributed by atoms with Gasteiger partial charge in [-0.2, -0.15) is 0 Å². The van der Waals surface area contributed by atoms with Crippen molar-refractivity contribution >= 4 is 33.6 Å². The maximum absolute atomic E-state index is 11.1. The number of H-pyrrole nitrogens is 1. The third kappa shape index (κ3) is 4.80. The fourth-order valence-corrected chi connectivity index (χ4v) is 5.35. The van der Waals surface area contributed by atoms with Gasteiger partial charge in [-0.05, 0) is 12.1 Å². The lowest BCUT2D eigenvalue weighted by Crippen LogP contribution is -2.46. The van der Waals surface area contributed by atoms with Crippen molar-refractivity contribution in [2.45, 2.75) is 6.54 Å². The van der Waals surface area contributed by atoms with Crippen molar-refractivity contribution in [2.24, 2.45) is 0 Å². The number of nitrogens with one attached hydrogen (secondary N) is 1. The van der Waals surface area contributed by atoms with Crippen LogP contribution in [0, 0.1) is 0 Å². The van der Waals surface area contributed by atoms with Crippen LogP contribution in [0.1, 0.15) is 5.69 Å². The maximum atomic E-state index is 11.1. The molecule has 0 spiro atoms. The Morgan fingerprint density at radius 2 is 1.86 bits per heavy atom. The summed E-state index contributed by atoms with van der Waals surface area (Å²) in [6.45, 7) is 6.86. The highest BCUT2D eigenvalue weighted by molar-refractivity contribution is 7.79. The average Bonchev–Trinajstić information content (AvgIpc) is 3.50. The second kappa shape index (κ2) is 9.63. The van der Waals surface area contributed by atoms with Crippen molar-refractivity contribution in [3.63, 3.8) is 0 Å². The minimum atomic E-state index is -1.79. The van der Waals surface area contributed by atoms with Crippen LogP contribution in [0.5, 0.6) is 0 Å². The normalized spacial score (nSPS) is 19.1. The van der Waals surface area contributed by atoms with E-state index in [0.717, 1.165) is 85.3 Å². The number of anilines is 1. The minimum Gasteiger partial charge on any atom is -0.378 e. The van der Waals surface area contributed by atoms with E-state index in [-0.39, 0.29) is 5.88 Å². The first-order valence-electron chi connectivity index (χ1n) is 11.8. The zero-order chi connectivity index (χ0) is 23.8. The number of nitrogens with zero attached hydrogens (tertiary/aromatic N) is 7. The number of pyridine rings is 1. The van der Waals surface area contributed by atoms with Crippen molar-refractivity contribution in [3.05, 3.63) is 42.6 Å². The molecular formula is C23H28N8O3S. The van der Waals surface area contributed by atoms with Gasteiger partial charge < -0.3 is 23.6 Å². The number of morpholine rings is 1. The van der Waals surface area contributed by atoms with Gasteiger partial charge in [-0.15, -0.1) is 0 Å². The first kappa shape index (κ1) is 22.6. The molecule has 11 nitrogen and oxygen atoms in total. The molecule has 0 saturated carbocycles. The summed E-state index contributed by atoms with van der Waals surface area (Å²) in [6.07, 6.45) is 7.86. The van der Waals surface area contributed by atoms with Crippen molar-refractivity contribution < 1.29 is 13.5 Å². The summed E-state index contributed by atoms with van der Waals surface area (Å²) in [4.78, 5) is 24.3. The average molecular weight is 497 g/mol. The molecule has 0 radical (unpaired) electrons. The Bertz CT molecular complexity index is 1360. The van der Waals surface area contributed by atoms with Gasteiger partial charge in [-0.3, -0.25) is 9.80 Å². The molecule has 2 aliphatic heterocycles. The molecule has 0 amide bonds. The van der Waals surface area contributed by atoms with E-state index in [1.807, 2.05) is 29.6 Å². The summed E-state index contributed by atoms with van der Waals surface area (Å²) in [6, 6.07) is 4.12. The molecule has 0 bridgehead atoms. The lowest BCUT2D eigenvalue weighted by atomic mass is 10.2. The van der Waals surface area contributed by atoms with Gasteiger partial charge in [0.15, 0.2) is 22.5 Å². The van der Waals surface area contributed by atoms with E-state index in [2.05, 4.69) is 36.4 Å². The Morgan fingerprint density at radius 1 is 1.06 bits per heavy atom. The van der Waals surface area contributed by atoms with Crippen molar-refractivity contribution in [3.8, 4) is 11.3 Å². The molecule has 4 aromatic heterocycles. The van der Waals surface area contributed by atoms with E-state index in [1.54, 1.807) is 0 Å². The number of hydrogen-bond acceptors (Lipinski definition) is 8. The molecule has 2 N–H and O–H groups in total. The Balaban J connectivity index is 1.31. The summed E-state index contributed by atoms with van der Waals surface area (Å²) < 4.78 is 27.9. The Morgan fingerprint density at radius 3 is 2.66 bits per heavy atom. The summed E-state index contributed by atoms with van der Waals surface area (Å²) in [5.41, 5.74) is 4.50. The number of imidazole rings is 1. The number of ether oxygens (including phenoxy) is 1. The molecule has 12 heteroatoms. The molecule has 6 rings (SSSR count). The zero-order valence-corrected chi connectivity index (χ0v) is 20.2. The molecule has 4 aromatic rings. The SMILES string of the molecule is O=S(O)CN1CCN(Cc2cn3cc(-c4cnc5[nH]ccc5c4)nc(N4CCOCC4)c3n2)CC1. The Kier molecular flexibility index (Phi) is 6.20. The standard InChI is InChI=1S/C23H28N8O3S/c32-35(33)16-29-5-3-28(4-6-29)13-19-14-31-15-20(18-11-17-1-2-24-21(17)25-12-18)27-23(22(31)26-19)30-7-9-34-10-8-30/h1-2,11-12,14-15H,3-10,13,16H2,(H,24,25)(H,32,33). The first-order valence-corrected chi connectivity index (χ1v) is 13.1. The third-order valence-electron chi connectivity index (χ3n) is 6.62. The minimum absolute atomic E-state index is 0.211. The number of hydrogen-bond donors (Lipinski definition) is 2. The predicted molar refractivity (Wildman–Crippen MR) is 134 cm³/mol. The van der Waals surface area contributed by atoms with Crippen LogP contribution in [-0.4, -0.2) is 101 Å². The van der Waals surface area contributed by atoms with Crippen LogP contribution in [0.25, 0.3) is 27.9 Å². The fourth-order valence-electron chi connectivity index (χ4n) is 4.78. The molecule has 35 heavy (non-hydrogen) atoms. The van der Waals surface area contributed by atoms with Gasteiger partial charge in [-0.25, -0.2) is 19.2 Å². The van der Waals surface area contributed by atoms with E-state index in [0.29, 0.717) is 13.2 Å². The van der Waals surface area contributed by atoms with Crippen LogP contribution in [0.4, 0.5) is 5.82 Å². The number of rotatable bonds is 6. The number of piperazine rings is 1. The number of fused-ring (bicyclic) bond motifs is 2. The summed E-state index contributed by atoms with van der Waals surface area (Å²) in [5.74, 6) is 1.07. The van der Waals surface area contributed by atoms with Crippen LogP contribution >= 0.6 is 0 Å². The Hall–Kier alpha value is -2.90. The van der Waals surface area contributed by atoms with Gasteiger partial charge in [0.1, 0.15) is 11.5 Å². The molecule has 184 valence electrons. The van der Waals surface area contributed by atoms with Crippen molar-refractivity contribution in [1.82, 2.24) is 34.1 Å². The van der Waals surface area contributed by atoms with Gasteiger partial charge in [0, 0.05) is 81.6 Å². The van der Waals surface area contributed by atoms with Crippen LogP contribution in [-0.2, 0) is 22.4 Å². The lowest BCUT2D eigenvalue weighted by Gasteiger charge is -2.33. The van der Waals surface area contributed by atoms with E-state index < -0.39 is 11.1 Å². The third-order valence-corrected chi connectivity index (χ3v) is 7.21. The van der Waals surface area contributed by atoms with Gasteiger partial charge in [0.05, 0.1) is 24.6 Å². The van der Waals surface area contributed by atoms with Crippen LogP contribution in [0.3, 0.4) is 0 Å². The monoisotopic (exact) mass is 496 g/mol.